The summed E-state index contributed by atoms with van der Waals surface area (Å²) in [5.41, 5.74) is 5.23. The Labute approximate surface area is 115 Å². The molecule has 0 atom stereocenters. The molecule has 2 aromatic rings. The number of ketones is 1. The lowest BCUT2D eigenvalue weighted by atomic mass is 9.98. The smallest absolute Gasteiger partial charge is 0.130 e. The Balaban J connectivity index is 2.56. The number of aryl methyl sites for hydroxylation is 2. The minimum absolute atomic E-state index is 0.261. The molecule has 0 unspecified atom stereocenters. The van der Waals surface area contributed by atoms with E-state index in [-0.39, 0.29) is 5.78 Å². The molecule has 0 saturated carbocycles. The van der Waals surface area contributed by atoms with Crippen molar-refractivity contribution in [2.24, 2.45) is 7.05 Å². The van der Waals surface area contributed by atoms with Crippen LogP contribution < -0.4 is 0 Å². The normalized spacial score (nSPS) is 11.5. The van der Waals surface area contributed by atoms with E-state index in [0.717, 1.165) is 6.42 Å². The third kappa shape index (κ3) is 2.58. The van der Waals surface area contributed by atoms with Gasteiger partial charge >= 0.3 is 0 Å². The van der Waals surface area contributed by atoms with Crippen molar-refractivity contribution in [2.45, 2.75) is 46.5 Å². The van der Waals surface area contributed by atoms with Crippen molar-refractivity contribution in [2.75, 3.05) is 0 Å². The Morgan fingerprint density at radius 2 is 2.00 bits per heavy atom. The van der Waals surface area contributed by atoms with Crippen LogP contribution in [0.4, 0.5) is 0 Å². The van der Waals surface area contributed by atoms with Gasteiger partial charge in [0, 0.05) is 30.1 Å². The first kappa shape index (κ1) is 13.9. The second kappa shape index (κ2) is 5.20. The molecule has 2 heteroatoms. The number of nitrogens with zero attached hydrogens (tertiary/aromatic N) is 1. The van der Waals surface area contributed by atoms with Crippen molar-refractivity contribution in [3.63, 3.8) is 0 Å². The summed E-state index contributed by atoms with van der Waals surface area (Å²) in [6, 6.07) is 6.71. The number of aromatic nitrogens is 1. The van der Waals surface area contributed by atoms with Crippen LogP contribution in [0, 0.1) is 6.92 Å². The quantitative estimate of drug-likeness (QED) is 0.807. The summed E-state index contributed by atoms with van der Waals surface area (Å²) < 4.78 is 2.23. The van der Waals surface area contributed by atoms with Crippen LogP contribution in [-0.2, 0) is 18.3 Å². The van der Waals surface area contributed by atoms with Crippen molar-refractivity contribution in [1.82, 2.24) is 4.57 Å². The molecule has 19 heavy (non-hydrogen) atoms. The van der Waals surface area contributed by atoms with Gasteiger partial charge in [-0.3, -0.25) is 0 Å². The third-order valence-electron chi connectivity index (χ3n) is 4.04. The van der Waals surface area contributed by atoms with Gasteiger partial charge in [-0.25, -0.2) is 0 Å². The summed E-state index contributed by atoms with van der Waals surface area (Å²) >= 11 is 0. The Morgan fingerprint density at radius 1 is 1.32 bits per heavy atom. The second-order valence-corrected chi connectivity index (χ2v) is 5.76. The molecule has 0 amide bonds. The van der Waals surface area contributed by atoms with Gasteiger partial charge in [0.15, 0.2) is 0 Å². The number of benzene rings is 1. The van der Waals surface area contributed by atoms with Crippen LogP contribution in [0.5, 0.6) is 0 Å². The molecule has 0 saturated heterocycles. The first-order valence-corrected chi connectivity index (χ1v) is 6.99. The number of carbonyl (C=O) groups excluding carboxylic acids is 1. The molecule has 1 aromatic heterocycles. The highest BCUT2D eigenvalue weighted by atomic mass is 16.1. The number of Topliss-reactive ketones (excluding diaryl/α,β-unsaturated/α-hetero) is 1. The van der Waals surface area contributed by atoms with E-state index in [1.54, 1.807) is 6.92 Å². The summed E-state index contributed by atoms with van der Waals surface area (Å²) in [6.45, 7) is 8.24. The molecule has 0 aliphatic heterocycles. The van der Waals surface area contributed by atoms with E-state index in [0.29, 0.717) is 12.3 Å². The van der Waals surface area contributed by atoms with E-state index in [4.69, 9.17) is 0 Å². The number of hydrogen-bond donors (Lipinski definition) is 0. The third-order valence-corrected chi connectivity index (χ3v) is 4.04. The molecular formula is C17H23NO. The zero-order chi connectivity index (χ0) is 14.2. The standard InChI is InChI=1S/C17H23NO/c1-11(2)14-7-9-17-16(10-14)15(8-6-12(3)19)13(4)18(17)5/h7,9-11H,6,8H2,1-5H3. The molecule has 1 heterocycles. The lowest BCUT2D eigenvalue weighted by Crippen LogP contribution is -1.96. The largest absolute Gasteiger partial charge is 0.348 e. The van der Waals surface area contributed by atoms with Gasteiger partial charge in [0.05, 0.1) is 0 Å². The Bertz CT molecular complexity index is 620. The highest BCUT2D eigenvalue weighted by molar-refractivity contribution is 5.87. The van der Waals surface area contributed by atoms with Gasteiger partial charge in [0.2, 0.25) is 0 Å². The van der Waals surface area contributed by atoms with E-state index < -0.39 is 0 Å². The van der Waals surface area contributed by atoms with Gasteiger partial charge in [0.25, 0.3) is 0 Å². The van der Waals surface area contributed by atoms with Gasteiger partial charge in [-0.05, 0) is 49.4 Å². The number of rotatable bonds is 4. The summed E-state index contributed by atoms with van der Waals surface area (Å²) in [7, 11) is 2.10. The molecule has 2 rings (SSSR count). The van der Waals surface area contributed by atoms with E-state index in [1.807, 2.05) is 0 Å². The van der Waals surface area contributed by atoms with Crippen LogP contribution >= 0.6 is 0 Å². The van der Waals surface area contributed by atoms with Gasteiger partial charge in [0.1, 0.15) is 5.78 Å². The fraction of sp³-hybridized carbons (Fsp3) is 0.471. The van der Waals surface area contributed by atoms with Gasteiger partial charge in [-0.2, -0.15) is 0 Å². The average molecular weight is 257 g/mol. The highest BCUT2D eigenvalue weighted by Gasteiger charge is 2.13. The van der Waals surface area contributed by atoms with Crippen molar-refractivity contribution < 1.29 is 4.79 Å². The Morgan fingerprint density at radius 3 is 2.58 bits per heavy atom. The summed E-state index contributed by atoms with van der Waals surface area (Å²) in [5.74, 6) is 0.794. The minimum Gasteiger partial charge on any atom is -0.348 e. The van der Waals surface area contributed by atoms with Crippen molar-refractivity contribution in [3.05, 3.63) is 35.0 Å². The maximum absolute atomic E-state index is 11.2. The molecule has 0 bridgehead atoms. The predicted molar refractivity (Wildman–Crippen MR) is 80.7 cm³/mol. The maximum atomic E-state index is 11.2. The first-order valence-electron chi connectivity index (χ1n) is 6.99. The topological polar surface area (TPSA) is 22.0 Å². The van der Waals surface area contributed by atoms with Gasteiger partial charge in [-0.15, -0.1) is 0 Å². The van der Waals surface area contributed by atoms with E-state index in [9.17, 15) is 4.79 Å². The molecule has 0 N–H and O–H groups in total. The van der Waals surface area contributed by atoms with Gasteiger partial charge < -0.3 is 9.36 Å². The van der Waals surface area contributed by atoms with Crippen LogP contribution in [-0.4, -0.2) is 10.4 Å². The van der Waals surface area contributed by atoms with Crippen LogP contribution in [0.25, 0.3) is 10.9 Å². The molecule has 0 radical (unpaired) electrons. The molecular weight excluding hydrogens is 234 g/mol. The van der Waals surface area contributed by atoms with Crippen molar-refractivity contribution in [3.8, 4) is 0 Å². The number of carbonyl (C=O) groups is 1. The van der Waals surface area contributed by atoms with Crippen molar-refractivity contribution >= 4 is 16.7 Å². The first-order chi connectivity index (χ1) is 8.91. The van der Waals surface area contributed by atoms with E-state index in [1.165, 1.54) is 27.7 Å². The van der Waals surface area contributed by atoms with Crippen LogP contribution in [0.3, 0.4) is 0 Å². The van der Waals surface area contributed by atoms with Crippen LogP contribution in [0.1, 0.15) is 49.9 Å². The highest BCUT2D eigenvalue weighted by Crippen LogP contribution is 2.29. The van der Waals surface area contributed by atoms with Crippen molar-refractivity contribution in [1.29, 1.82) is 0 Å². The molecule has 1 aromatic carbocycles. The fourth-order valence-electron chi connectivity index (χ4n) is 2.64. The fourth-order valence-corrected chi connectivity index (χ4v) is 2.64. The number of fused-ring (bicyclic) bond motifs is 1. The summed E-state index contributed by atoms with van der Waals surface area (Å²) in [6.07, 6.45) is 1.48. The molecule has 0 fully saturated rings. The molecule has 0 aliphatic carbocycles. The van der Waals surface area contributed by atoms with Crippen LogP contribution in [0.15, 0.2) is 18.2 Å². The second-order valence-electron chi connectivity index (χ2n) is 5.76. The Kier molecular flexibility index (Phi) is 3.79. The molecule has 0 spiro atoms. The molecule has 0 aliphatic rings. The SMILES string of the molecule is CC(=O)CCc1c(C)n(C)c2ccc(C(C)C)cc12. The van der Waals surface area contributed by atoms with Gasteiger partial charge in [-0.1, -0.05) is 19.9 Å². The van der Waals surface area contributed by atoms with E-state index >= 15 is 0 Å². The zero-order valence-electron chi connectivity index (χ0n) is 12.6. The Hall–Kier alpha value is -1.57. The van der Waals surface area contributed by atoms with Crippen LogP contribution in [0.2, 0.25) is 0 Å². The monoisotopic (exact) mass is 257 g/mol. The lowest BCUT2D eigenvalue weighted by Gasteiger charge is -2.06. The average Bonchev–Trinajstić information content (AvgIpc) is 2.59. The summed E-state index contributed by atoms with van der Waals surface area (Å²) in [5, 5.41) is 1.31. The minimum atomic E-state index is 0.261. The number of hydrogen-bond acceptors (Lipinski definition) is 1. The maximum Gasteiger partial charge on any atom is 0.130 e. The zero-order valence-corrected chi connectivity index (χ0v) is 12.6. The molecule has 102 valence electrons. The predicted octanol–water partition coefficient (Wildman–Crippen LogP) is 4.13. The lowest BCUT2D eigenvalue weighted by molar-refractivity contribution is -0.116. The van der Waals surface area contributed by atoms with E-state index in [2.05, 4.69) is 50.6 Å². The molecule has 2 nitrogen and oxygen atoms in total. The summed E-state index contributed by atoms with van der Waals surface area (Å²) in [4.78, 5) is 11.2.